The minimum absolute atomic E-state index is 0.00780. The van der Waals surface area contributed by atoms with E-state index in [4.69, 9.17) is 5.73 Å². The van der Waals surface area contributed by atoms with E-state index in [-0.39, 0.29) is 11.7 Å². The predicted molar refractivity (Wildman–Crippen MR) is 48.2 cm³/mol. The molecule has 0 radical (unpaired) electrons. The van der Waals surface area contributed by atoms with Crippen LogP contribution in [0.1, 0.15) is 12.6 Å². The summed E-state index contributed by atoms with van der Waals surface area (Å²) in [5.41, 5.74) is 6.33. The van der Waals surface area contributed by atoms with E-state index in [1.807, 2.05) is 6.92 Å². The molecule has 5 heteroatoms. The third-order valence-corrected chi connectivity index (χ3v) is 1.55. The number of aromatic nitrogens is 1. The predicted octanol–water partition coefficient (Wildman–Crippen LogP) is 0.880. The summed E-state index contributed by atoms with van der Waals surface area (Å²) in [6, 6.07) is 3.08. The molecule has 5 nitrogen and oxygen atoms in total. The Balaban J connectivity index is 2.75. The molecule has 70 valence electrons. The van der Waals surface area contributed by atoms with E-state index in [0.29, 0.717) is 6.42 Å². The molecule has 0 aromatic carbocycles. The van der Waals surface area contributed by atoms with Gasteiger partial charge < -0.3 is 5.73 Å². The average molecular weight is 181 g/mol. The van der Waals surface area contributed by atoms with Gasteiger partial charge in [0.25, 0.3) is 5.69 Å². The van der Waals surface area contributed by atoms with Gasteiger partial charge in [-0.2, -0.15) is 0 Å². The molecule has 0 spiro atoms. The fourth-order valence-electron chi connectivity index (χ4n) is 0.975. The first-order chi connectivity index (χ1) is 6.09. The van der Waals surface area contributed by atoms with Gasteiger partial charge in [-0.25, -0.2) is 0 Å². The van der Waals surface area contributed by atoms with E-state index in [1.54, 1.807) is 6.07 Å². The molecule has 0 saturated carbocycles. The maximum Gasteiger partial charge on any atom is 0.287 e. The minimum atomic E-state index is -0.470. The highest BCUT2D eigenvalue weighted by atomic mass is 16.6. The van der Waals surface area contributed by atoms with Crippen molar-refractivity contribution in [1.29, 1.82) is 0 Å². The standard InChI is InChI=1S/C8H11N3O2/c1-6(9)4-7-2-3-8(5-10-7)11(12)13/h2-3,5-6H,4,9H2,1H3/t6-/m0/s1. The first kappa shape index (κ1) is 9.60. The van der Waals surface area contributed by atoms with Crippen LogP contribution >= 0.6 is 0 Å². The van der Waals surface area contributed by atoms with Crippen molar-refractivity contribution >= 4 is 5.69 Å². The normalized spacial score (nSPS) is 12.5. The quantitative estimate of drug-likeness (QED) is 0.554. The van der Waals surface area contributed by atoms with Gasteiger partial charge in [0.2, 0.25) is 0 Å². The zero-order valence-electron chi connectivity index (χ0n) is 7.30. The Morgan fingerprint density at radius 3 is 2.77 bits per heavy atom. The van der Waals surface area contributed by atoms with Crippen LogP contribution in [0.15, 0.2) is 18.3 Å². The molecule has 0 unspecified atom stereocenters. The molecule has 0 saturated heterocycles. The van der Waals surface area contributed by atoms with Crippen LogP contribution in [0, 0.1) is 10.1 Å². The fourth-order valence-corrected chi connectivity index (χ4v) is 0.975. The summed E-state index contributed by atoms with van der Waals surface area (Å²) in [7, 11) is 0. The number of nitro groups is 1. The van der Waals surface area contributed by atoms with Crippen molar-refractivity contribution in [2.75, 3.05) is 0 Å². The third kappa shape index (κ3) is 2.79. The molecule has 0 aliphatic carbocycles. The molecule has 0 fully saturated rings. The van der Waals surface area contributed by atoms with E-state index < -0.39 is 4.92 Å². The Morgan fingerprint density at radius 2 is 2.38 bits per heavy atom. The molecule has 0 aliphatic rings. The first-order valence-electron chi connectivity index (χ1n) is 3.94. The second kappa shape index (κ2) is 3.95. The average Bonchev–Trinajstić information content (AvgIpc) is 2.04. The van der Waals surface area contributed by atoms with Gasteiger partial charge in [-0.05, 0) is 13.0 Å². The first-order valence-corrected chi connectivity index (χ1v) is 3.94. The Bertz CT molecular complexity index is 295. The van der Waals surface area contributed by atoms with E-state index in [0.717, 1.165) is 5.69 Å². The lowest BCUT2D eigenvalue weighted by Crippen LogP contribution is -2.18. The van der Waals surface area contributed by atoms with Gasteiger partial charge in [0, 0.05) is 24.2 Å². The summed E-state index contributed by atoms with van der Waals surface area (Å²) in [5, 5.41) is 10.3. The highest BCUT2D eigenvalue weighted by molar-refractivity contribution is 5.26. The van der Waals surface area contributed by atoms with Crippen molar-refractivity contribution in [3.8, 4) is 0 Å². The monoisotopic (exact) mass is 181 g/mol. The van der Waals surface area contributed by atoms with Gasteiger partial charge in [0.05, 0.1) is 4.92 Å². The molecule has 1 aromatic rings. The summed E-state index contributed by atoms with van der Waals surface area (Å²) in [6.07, 6.45) is 1.88. The maximum absolute atomic E-state index is 10.3. The molecule has 0 aliphatic heterocycles. The molecule has 0 amide bonds. The van der Waals surface area contributed by atoms with Crippen LogP contribution in [-0.4, -0.2) is 15.9 Å². The summed E-state index contributed by atoms with van der Waals surface area (Å²) < 4.78 is 0. The summed E-state index contributed by atoms with van der Waals surface area (Å²) in [4.78, 5) is 13.7. The van der Waals surface area contributed by atoms with Crippen molar-refractivity contribution in [1.82, 2.24) is 4.98 Å². The SMILES string of the molecule is C[C@H](N)Cc1ccc([N+](=O)[O-])cn1. The molecule has 13 heavy (non-hydrogen) atoms. The topological polar surface area (TPSA) is 82.0 Å². The van der Waals surface area contributed by atoms with Crippen molar-refractivity contribution in [3.05, 3.63) is 34.1 Å². The van der Waals surface area contributed by atoms with Crippen LogP contribution < -0.4 is 5.73 Å². The van der Waals surface area contributed by atoms with Crippen LogP contribution in [0.5, 0.6) is 0 Å². The van der Waals surface area contributed by atoms with Crippen LogP contribution in [0.3, 0.4) is 0 Å². The molecular weight excluding hydrogens is 170 g/mol. The largest absolute Gasteiger partial charge is 0.328 e. The molecule has 1 aromatic heterocycles. The summed E-state index contributed by atoms with van der Waals surface area (Å²) >= 11 is 0. The Kier molecular flexibility index (Phi) is 2.92. The Hall–Kier alpha value is -1.49. The molecule has 2 N–H and O–H groups in total. The molecule has 0 bridgehead atoms. The van der Waals surface area contributed by atoms with Crippen molar-refractivity contribution in [2.45, 2.75) is 19.4 Å². The van der Waals surface area contributed by atoms with Crippen molar-refractivity contribution < 1.29 is 4.92 Å². The third-order valence-electron chi connectivity index (χ3n) is 1.55. The van der Waals surface area contributed by atoms with Crippen molar-refractivity contribution in [2.24, 2.45) is 5.73 Å². The highest BCUT2D eigenvalue weighted by Gasteiger charge is 2.05. The summed E-state index contributed by atoms with van der Waals surface area (Å²) in [6.45, 7) is 1.86. The Morgan fingerprint density at radius 1 is 1.69 bits per heavy atom. The number of nitrogens with two attached hydrogens (primary N) is 1. The van der Waals surface area contributed by atoms with E-state index >= 15 is 0 Å². The number of hydrogen-bond donors (Lipinski definition) is 1. The van der Waals surface area contributed by atoms with Crippen LogP contribution in [-0.2, 0) is 6.42 Å². The van der Waals surface area contributed by atoms with Gasteiger partial charge in [0.1, 0.15) is 6.20 Å². The van der Waals surface area contributed by atoms with Gasteiger partial charge in [-0.1, -0.05) is 0 Å². The smallest absolute Gasteiger partial charge is 0.287 e. The van der Waals surface area contributed by atoms with Crippen LogP contribution in [0.25, 0.3) is 0 Å². The summed E-state index contributed by atoms with van der Waals surface area (Å²) in [5.74, 6) is 0. The van der Waals surface area contributed by atoms with Gasteiger partial charge in [-0.3, -0.25) is 15.1 Å². The van der Waals surface area contributed by atoms with E-state index in [2.05, 4.69) is 4.98 Å². The van der Waals surface area contributed by atoms with E-state index in [1.165, 1.54) is 12.3 Å². The molecular formula is C8H11N3O2. The molecule has 1 atom stereocenters. The lowest BCUT2D eigenvalue weighted by atomic mass is 10.2. The lowest BCUT2D eigenvalue weighted by molar-refractivity contribution is -0.385. The molecule has 1 heterocycles. The zero-order valence-corrected chi connectivity index (χ0v) is 7.30. The molecule has 1 rings (SSSR count). The van der Waals surface area contributed by atoms with Crippen LogP contribution in [0.2, 0.25) is 0 Å². The number of hydrogen-bond acceptors (Lipinski definition) is 4. The maximum atomic E-state index is 10.3. The lowest BCUT2D eigenvalue weighted by Gasteiger charge is -2.02. The number of nitrogens with zero attached hydrogens (tertiary/aromatic N) is 2. The highest BCUT2D eigenvalue weighted by Crippen LogP contribution is 2.09. The van der Waals surface area contributed by atoms with Gasteiger partial charge in [-0.15, -0.1) is 0 Å². The second-order valence-corrected chi connectivity index (χ2v) is 2.95. The van der Waals surface area contributed by atoms with E-state index in [9.17, 15) is 10.1 Å². The van der Waals surface area contributed by atoms with Crippen LogP contribution in [0.4, 0.5) is 5.69 Å². The fraction of sp³-hybridized carbons (Fsp3) is 0.375. The second-order valence-electron chi connectivity index (χ2n) is 2.95. The van der Waals surface area contributed by atoms with Gasteiger partial charge >= 0.3 is 0 Å². The number of rotatable bonds is 3. The minimum Gasteiger partial charge on any atom is -0.328 e. The Labute approximate surface area is 75.7 Å². The van der Waals surface area contributed by atoms with Gasteiger partial charge in [0.15, 0.2) is 0 Å². The number of pyridine rings is 1. The van der Waals surface area contributed by atoms with Crippen molar-refractivity contribution in [3.63, 3.8) is 0 Å². The zero-order chi connectivity index (χ0) is 9.84.